The van der Waals surface area contributed by atoms with Gasteiger partial charge in [0.2, 0.25) is 0 Å². The zero-order chi connectivity index (χ0) is 26.8. The predicted octanol–water partition coefficient (Wildman–Crippen LogP) is 6.06. The maximum Gasteiger partial charge on any atom is 0.335 e. The van der Waals surface area contributed by atoms with Gasteiger partial charge in [0.15, 0.2) is 0 Å². The number of hydrogen-bond acceptors (Lipinski definition) is 5. The first-order valence-electron chi connectivity index (χ1n) is 11.8. The Morgan fingerprint density at radius 1 is 0.947 bits per heavy atom. The van der Waals surface area contributed by atoms with E-state index >= 15 is 0 Å². The number of halogens is 1. The zero-order valence-electron chi connectivity index (χ0n) is 20.7. The number of nitrogens with zero attached hydrogens (tertiary/aromatic N) is 1. The van der Waals surface area contributed by atoms with E-state index in [1.165, 1.54) is 12.1 Å². The molecule has 5 rings (SSSR count). The molecular formula is C30H23ClN2O5. The van der Waals surface area contributed by atoms with Gasteiger partial charge in [-0.2, -0.15) is 0 Å². The fourth-order valence-corrected chi connectivity index (χ4v) is 4.52. The van der Waals surface area contributed by atoms with Crippen LogP contribution in [-0.2, 0) is 16.2 Å². The summed E-state index contributed by atoms with van der Waals surface area (Å²) in [6.07, 6.45) is 1.41. The van der Waals surface area contributed by atoms with E-state index in [1.54, 1.807) is 43.5 Å². The molecule has 0 bridgehead atoms. The van der Waals surface area contributed by atoms with Crippen LogP contribution in [0.2, 0.25) is 5.02 Å². The highest BCUT2D eigenvalue weighted by atomic mass is 35.5. The van der Waals surface area contributed by atoms with Crippen LogP contribution < -0.4 is 19.7 Å². The van der Waals surface area contributed by atoms with Gasteiger partial charge >= 0.3 is 6.03 Å². The van der Waals surface area contributed by atoms with E-state index in [-0.39, 0.29) is 17.9 Å². The Kier molecular flexibility index (Phi) is 6.85. The van der Waals surface area contributed by atoms with E-state index in [9.17, 15) is 14.4 Å². The Balaban J connectivity index is 1.52. The average molecular weight is 527 g/mol. The van der Waals surface area contributed by atoms with Crippen molar-refractivity contribution in [3.63, 3.8) is 0 Å². The van der Waals surface area contributed by atoms with E-state index in [1.807, 2.05) is 37.3 Å². The quantitative estimate of drug-likeness (QED) is 0.244. The van der Waals surface area contributed by atoms with Gasteiger partial charge in [-0.05, 0) is 59.7 Å². The fourth-order valence-electron chi connectivity index (χ4n) is 4.34. The van der Waals surface area contributed by atoms with Gasteiger partial charge in [-0.15, -0.1) is 0 Å². The number of amides is 4. The van der Waals surface area contributed by atoms with E-state index < -0.39 is 17.8 Å². The van der Waals surface area contributed by atoms with E-state index in [2.05, 4.69) is 11.4 Å². The summed E-state index contributed by atoms with van der Waals surface area (Å²) in [5, 5.41) is 4.75. The van der Waals surface area contributed by atoms with Crippen molar-refractivity contribution in [3.8, 4) is 11.5 Å². The Hall–Kier alpha value is -4.62. The Bertz CT molecular complexity index is 1630. The van der Waals surface area contributed by atoms with Gasteiger partial charge in [-0.1, -0.05) is 54.1 Å². The van der Waals surface area contributed by atoms with Gasteiger partial charge in [-0.25, -0.2) is 9.69 Å². The molecule has 4 amide bonds. The van der Waals surface area contributed by atoms with Crippen LogP contribution >= 0.6 is 11.6 Å². The van der Waals surface area contributed by atoms with Gasteiger partial charge in [0.05, 0.1) is 12.8 Å². The van der Waals surface area contributed by atoms with Crippen LogP contribution in [0.1, 0.15) is 16.7 Å². The number of anilines is 1. The number of urea groups is 1. The number of fused-ring (bicyclic) bond motifs is 1. The molecule has 190 valence electrons. The maximum absolute atomic E-state index is 13.3. The van der Waals surface area contributed by atoms with Crippen molar-refractivity contribution in [1.29, 1.82) is 0 Å². The molecule has 8 heteroatoms. The predicted molar refractivity (Wildman–Crippen MR) is 146 cm³/mol. The summed E-state index contributed by atoms with van der Waals surface area (Å²) >= 11 is 6.06. The van der Waals surface area contributed by atoms with E-state index in [4.69, 9.17) is 21.1 Å². The molecule has 7 nitrogen and oxygen atoms in total. The largest absolute Gasteiger partial charge is 0.497 e. The molecule has 1 aliphatic rings. The minimum atomic E-state index is -0.850. The van der Waals surface area contributed by atoms with Crippen molar-refractivity contribution >= 4 is 52.0 Å². The number of methoxy groups -OCH3 is 1. The van der Waals surface area contributed by atoms with Gasteiger partial charge in [0, 0.05) is 22.2 Å². The third-order valence-electron chi connectivity index (χ3n) is 6.34. The lowest BCUT2D eigenvalue weighted by Crippen LogP contribution is -2.54. The molecule has 0 aliphatic carbocycles. The van der Waals surface area contributed by atoms with Crippen LogP contribution in [0.25, 0.3) is 16.8 Å². The van der Waals surface area contributed by atoms with Crippen molar-refractivity contribution in [2.75, 3.05) is 12.0 Å². The highest BCUT2D eigenvalue weighted by Crippen LogP contribution is 2.31. The molecule has 0 spiro atoms. The van der Waals surface area contributed by atoms with Crippen LogP contribution in [0.3, 0.4) is 0 Å². The maximum atomic E-state index is 13.3. The van der Waals surface area contributed by atoms with Gasteiger partial charge in [0.25, 0.3) is 11.8 Å². The summed E-state index contributed by atoms with van der Waals surface area (Å²) in [4.78, 5) is 39.5. The van der Waals surface area contributed by atoms with Gasteiger partial charge in [-0.3, -0.25) is 14.9 Å². The smallest absolute Gasteiger partial charge is 0.335 e. The molecule has 0 unspecified atom stereocenters. The zero-order valence-corrected chi connectivity index (χ0v) is 21.4. The molecule has 1 fully saturated rings. The topological polar surface area (TPSA) is 84.9 Å². The molecule has 0 radical (unpaired) electrons. The number of imide groups is 2. The second-order valence-electron chi connectivity index (χ2n) is 8.71. The highest BCUT2D eigenvalue weighted by molar-refractivity contribution is 6.39. The van der Waals surface area contributed by atoms with Crippen molar-refractivity contribution in [2.24, 2.45) is 0 Å². The fraction of sp³-hybridized carbons (Fsp3) is 0.100. The van der Waals surface area contributed by atoms with Gasteiger partial charge in [0.1, 0.15) is 23.7 Å². The van der Waals surface area contributed by atoms with E-state index in [0.717, 1.165) is 26.8 Å². The molecule has 0 atom stereocenters. The first-order chi connectivity index (χ1) is 18.4. The Morgan fingerprint density at radius 3 is 2.55 bits per heavy atom. The summed E-state index contributed by atoms with van der Waals surface area (Å²) in [6, 6.07) is 22.7. The van der Waals surface area contributed by atoms with Crippen LogP contribution in [-0.4, -0.2) is 25.0 Å². The van der Waals surface area contributed by atoms with Crippen LogP contribution in [0.4, 0.5) is 10.5 Å². The highest BCUT2D eigenvalue weighted by Gasteiger charge is 2.37. The number of hydrogen-bond donors (Lipinski definition) is 1. The third-order valence-corrected chi connectivity index (χ3v) is 6.57. The number of barbiturate groups is 1. The molecular weight excluding hydrogens is 504 g/mol. The van der Waals surface area contributed by atoms with Gasteiger partial charge < -0.3 is 9.47 Å². The standard InChI is InChI=1S/C30H23ClN2O5/c1-18-10-11-19-6-3-4-9-24(19)26(18)17-38-27-16-23(37-2)13-12-20(27)14-25-28(34)32-30(36)33(29(25)35)22-8-5-7-21(31)15-22/h3-16H,17H2,1-2H3,(H,32,34,36)/b25-14+. The molecule has 4 aromatic carbocycles. The second kappa shape index (κ2) is 10.4. The molecule has 0 aromatic heterocycles. The van der Waals surface area contributed by atoms with Crippen LogP contribution in [0, 0.1) is 6.92 Å². The number of benzene rings is 4. The molecule has 0 saturated carbocycles. The number of nitrogens with one attached hydrogen (secondary N) is 1. The summed E-state index contributed by atoms with van der Waals surface area (Å²) in [6.45, 7) is 2.27. The average Bonchev–Trinajstić information content (AvgIpc) is 2.91. The molecule has 1 heterocycles. The molecule has 4 aromatic rings. The molecule has 1 saturated heterocycles. The summed E-state index contributed by atoms with van der Waals surface area (Å²) in [5.74, 6) is -0.611. The minimum Gasteiger partial charge on any atom is -0.497 e. The summed E-state index contributed by atoms with van der Waals surface area (Å²) in [7, 11) is 1.54. The second-order valence-corrected chi connectivity index (χ2v) is 9.15. The molecule has 1 aliphatic heterocycles. The third kappa shape index (κ3) is 4.84. The monoisotopic (exact) mass is 526 g/mol. The molecule has 1 N–H and O–H groups in total. The summed E-state index contributed by atoms with van der Waals surface area (Å²) in [5.41, 5.74) is 2.59. The van der Waals surface area contributed by atoms with E-state index in [0.29, 0.717) is 22.1 Å². The normalized spacial score (nSPS) is 14.7. The van der Waals surface area contributed by atoms with Crippen molar-refractivity contribution < 1.29 is 23.9 Å². The SMILES string of the molecule is COc1ccc(/C=C2\C(=O)NC(=O)N(c3cccc(Cl)c3)C2=O)c(OCc2c(C)ccc3ccccc23)c1. The van der Waals surface area contributed by atoms with Crippen LogP contribution in [0.5, 0.6) is 11.5 Å². The van der Waals surface area contributed by atoms with Crippen LogP contribution in [0.15, 0.2) is 84.4 Å². The number of rotatable bonds is 6. The van der Waals surface area contributed by atoms with Crippen molar-refractivity contribution in [3.05, 3.63) is 106 Å². The Labute approximate surface area is 224 Å². The Morgan fingerprint density at radius 2 is 1.76 bits per heavy atom. The lowest BCUT2D eigenvalue weighted by Gasteiger charge is -2.26. The number of ether oxygens (including phenoxy) is 2. The van der Waals surface area contributed by atoms with Crippen molar-refractivity contribution in [1.82, 2.24) is 5.32 Å². The summed E-state index contributed by atoms with van der Waals surface area (Å²) < 4.78 is 11.6. The molecule has 38 heavy (non-hydrogen) atoms. The minimum absolute atomic E-state index is 0.221. The number of carbonyl (C=O) groups excluding carboxylic acids is 3. The number of carbonyl (C=O) groups is 3. The van der Waals surface area contributed by atoms with Crippen molar-refractivity contribution in [2.45, 2.75) is 13.5 Å². The first-order valence-corrected chi connectivity index (χ1v) is 12.2. The number of aryl methyl sites for hydroxylation is 1. The lowest BCUT2D eigenvalue weighted by atomic mass is 10.0. The first kappa shape index (κ1) is 25.0. The lowest BCUT2D eigenvalue weighted by molar-refractivity contribution is -0.122.